The normalized spacial score (nSPS) is 12.4. The fourth-order valence-electron chi connectivity index (χ4n) is 2.51. The second-order valence-electron chi connectivity index (χ2n) is 6.67. The van der Waals surface area contributed by atoms with Gasteiger partial charge in [-0.15, -0.1) is 0 Å². The van der Waals surface area contributed by atoms with Crippen LogP contribution in [-0.2, 0) is 10.9 Å². The second-order valence-corrected chi connectivity index (χ2v) is 6.67. The molecule has 1 aromatic heterocycles. The van der Waals surface area contributed by atoms with Gasteiger partial charge in [-0.3, -0.25) is 0 Å². The first-order valence-corrected chi connectivity index (χ1v) is 8.96. The van der Waals surface area contributed by atoms with Gasteiger partial charge in [0.05, 0.1) is 26.9 Å². The average molecular weight is 428 g/mol. The molecule has 0 radical (unpaired) electrons. The number of aliphatic hydroxyl groups excluding tert-OH is 1. The highest BCUT2D eigenvalue weighted by Crippen LogP contribution is 2.31. The molecule has 11 heteroatoms. The zero-order chi connectivity index (χ0) is 22.5. The van der Waals surface area contributed by atoms with Crippen LogP contribution in [-0.4, -0.2) is 47.9 Å². The van der Waals surface area contributed by atoms with Crippen molar-refractivity contribution < 1.29 is 32.5 Å². The van der Waals surface area contributed by atoms with Crippen molar-refractivity contribution in [2.24, 2.45) is 5.92 Å². The molecule has 8 nitrogen and oxygen atoms in total. The topological polar surface area (TPSA) is 106 Å². The van der Waals surface area contributed by atoms with Crippen LogP contribution >= 0.6 is 0 Å². The molecule has 1 atom stereocenters. The summed E-state index contributed by atoms with van der Waals surface area (Å²) in [5.41, 5.74) is -0.657. The van der Waals surface area contributed by atoms with Gasteiger partial charge in [0.2, 0.25) is 5.95 Å². The predicted octanol–water partition coefficient (Wildman–Crippen LogP) is 3.46. The van der Waals surface area contributed by atoms with E-state index < -0.39 is 23.9 Å². The van der Waals surface area contributed by atoms with E-state index in [9.17, 15) is 23.1 Å². The number of carbonyl (C=O) groups is 1. The van der Waals surface area contributed by atoms with Crippen LogP contribution < -0.4 is 15.4 Å². The minimum Gasteiger partial charge on any atom is -0.496 e. The number of alkyl halides is 3. The number of esters is 1. The number of rotatable bonds is 8. The fourth-order valence-corrected chi connectivity index (χ4v) is 2.51. The summed E-state index contributed by atoms with van der Waals surface area (Å²) in [6.45, 7) is 3.30. The van der Waals surface area contributed by atoms with Crippen LogP contribution in [0.25, 0.3) is 0 Å². The summed E-state index contributed by atoms with van der Waals surface area (Å²) < 4.78 is 49.7. The number of hydrogen-bond donors (Lipinski definition) is 3. The van der Waals surface area contributed by atoms with Crippen molar-refractivity contribution in [2.45, 2.75) is 26.1 Å². The van der Waals surface area contributed by atoms with Crippen molar-refractivity contribution >= 4 is 23.4 Å². The molecule has 1 aromatic carbocycles. The number of nitrogens with one attached hydrogen (secondary N) is 2. The van der Waals surface area contributed by atoms with Crippen LogP contribution in [0.1, 0.15) is 29.9 Å². The summed E-state index contributed by atoms with van der Waals surface area (Å²) in [6.07, 6.45) is -4.70. The van der Waals surface area contributed by atoms with Crippen molar-refractivity contribution in [3.05, 3.63) is 35.5 Å². The van der Waals surface area contributed by atoms with Gasteiger partial charge in [0.1, 0.15) is 17.1 Å². The van der Waals surface area contributed by atoms with Gasteiger partial charge in [0, 0.05) is 17.8 Å². The van der Waals surface area contributed by atoms with Crippen LogP contribution in [0, 0.1) is 5.92 Å². The van der Waals surface area contributed by atoms with Crippen LogP contribution in [0.4, 0.5) is 30.6 Å². The van der Waals surface area contributed by atoms with Gasteiger partial charge in [-0.05, 0) is 18.1 Å². The lowest BCUT2D eigenvalue weighted by atomic mass is 10.1. The Labute approximate surface area is 171 Å². The summed E-state index contributed by atoms with van der Waals surface area (Å²) in [6, 6.07) is 4.55. The molecule has 0 amide bonds. The Morgan fingerprint density at radius 2 is 1.90 bits per heavy atom. The molecule has 2 aromatic rings. The molecule has 0 saturated heterocycles. The molecule has 0 aliphatic rings. The highest BCUT2D eigenvalue weighted by Gasteiger charge is 2.34. The van der Waals surface area contributed by atoms with Crippen LogP contribution in [0.5, 0.6) is 5.75 Å². The number of halogens is 3. The Morgan fingerprint density at radius 1 is 1.20 bits per heavy atom. The molecule has 3 N–H and O–H groups in total. The van der Waals surface area contributed by atoms with E-state index in [1.165, 1.54) is 32.4 Å². The molecule has 2 rings (SSSR count). The van der Waals surface area contributed by atoms with Crippen LogP contribution in [0.15, 0.2) is 24.3 Å². The Morgan fingerprint density at radius 3 is 2.43 bits per heavy atom. The molecule has 164 valence electrons. The van der Waals surface area contributed by atoms with E-state index in [2.05, 4.69) is 25.3 Å². The van der Waals surface area contributed by atoms with Crippen molar-refractivity contribution in [3.63, 3.8) is 0 Å². The smallest absolute Gasteiger partial charge is 0.433 e. The Kier molecular flexibility index (Phi) is 7.43. The molecule has 0 saturated carbocycles. The number of benzene rings is 1. The maximum Gasteiger partial charge on any atom is 0.433 e. The van der Waals surface area contributed by atoms with Crippen molar-refractivity contribution in [3.8, 4) is 5.75 Å². The number of aromatic nitrogens is 2. The minimum atomic E-state index is -4.70. The van der Waals surface area contributed by atoms with E-state index in [0.717, 1.165) is 6.07 Å². The SMILES string of the molecule is COC(=O)c1ccc(Nc2cc(C(F)(F)F)nc(N[C@@H](CO)C(C)C)n2)cc1OC. The van der Waals surface area contributed by atoms with Crippen molar-refractivity contribution in [1.82, 2.24) is 9.97 Å². The number of aliphatic hydroxyl groups is 1. The molecular weight excluding hydrogens is 405 g/mol. The summed E-state index contributed by atoms with van der Waals surface area (Å²) in [7, 11) is 2.57. The minimum absolute atomic E-state index is 0.0697. The largest absolute Gasteiger partial charge is 0.496 e. The molecule has 0 aliphatic heterocycles. The summed E-state index contributed by atoms with van der Waals surface area (Å²) in [5.74, 6) is -0.920. The first-order chi connectivity index (χ1) is 14.1. The lowest BCUT2D eigenvalue weighted by molar-refractivity contribution is -0.141. The lowest BCUT2D eigenvalue weighted by Gasteiger charge is -2.21. The fraction of sp³-hybridized carbons (Fsp3) is 0.421. The Bertz CT molecular complexity index is 891. The first-order valence-electron chi connectivity index (χ1n) is 8.96. The third-order valence-corrected chi connectivity index (χ3v) is 4.21. The molecule has 1 heterocycles. The molecule has 0 unspecified atom stereocenters. The van der Waals surface area contributed by atoms with E-state index in [0.29, 0.717) is 5.69 Å². The highest BCUT2D eigenvalue weighted by molar-refractivity contribution is 5.93. The zero-order valence-corrected chi connectivity index (χ0v) is 16.9. The monoisotopic (exact) mass is 428 g/mol. The highest BCUT2D eigenvalue weighted by atomic mass is 19.4. The zero-order valence-electron chi connectivity index (χ0n) is 16.9. The van der Waals surface area contributed by atoms with Gasteiger partial charge in [-0.1, -0.05) is 13.8 Å². The number of ether oxygens (including phenoxy) is 2. The quantitative estimate of drug-likeness (QED) is 0.549. The maximum atomic E-state index is 13.3. The predicted molar refractivity (Wildman–Crippen MR) is 104 cm³/mol. The lowest BCUT2D eigenvalue weighted by Crippen LogP contribution is -2.30. The summed E-state index contributed by atoms with van der Waals surface area (Å²) in [5, 5.41) is 14.9. The third-order valence-electron chi connectivity index (χ3n) is 4.21. The van der Waals surface area contributed by atoms with Gasteiger partial charge in [-0.25, -0.2) is 9.78 Å². The standard InChI is InChI=1S/C19H23F3N4O4/c1-10(2)13(9-27)24-18-25-15(19(20,21)22)8-16(26-18)23-11-5-6-12(17(28)30-4)14(7-11)29-3/h5-8,10,13,27H,9H2,1-4H3,(H2,23,24,25,26)/t13-/m0/s1. The van der Waals surface area contributed by atoms with Crippen molar-refractivity contribution in [2.75, 3.05) is 31.5 Å². The van der Waals surface area contributed by atoms with E-state index in [4.69, 9.17) is 4.74 Å². The number of anilines is 3. The molecule has 0 aliphatic carbocycles. The summed E-state index contributed by atoms with van der Waals surface area (Å²) >= 11 is 0. The average Bonchev–Trinajstić information content (AvgIpc) is 2.70. The van der Waals surface area contributed by atoms with Gasteiger partial charge < -0.3 is 25.2 Å². The maximum absolute atomic E-state index is 13.3. The van der Waals surface area contributed by atoms with E-state index in [1.54, 1.807) is 13.8 Å². The van der Waals surface area contributed by atoms with Crippen molar-refractivity contribution in [1.29, 1.82) is 0 Å². The van der Waals surface area contributed by atoms with E-state index in [-0.39, 0.29) is 35.6 Å². The molecule has 30 heavy (non-hydrogen) atoms. The van der Waals surface area contributed by atoms with Crippen LogP contribution in [0.3, 0.4) is 0 Å². The molecule has 0 spiro atoms. The van der Waals surface area contributed by atoms with Gasteiger partial charge >= 0.3 is 12.1 Å². The second kappa shape index (κ2) is 9.61. The first kappa shape index (κ1) is 23.2. The van der Waals surface area contributed by atoms with Gasteiger partial charge in [0.25, 0.3) is 0 Å². The molecule has 0 bridgehead atoms. The number of nitrogens with zero attached hydrogens (tertiary/aromatic N) is 2. The van der Waals surface area contributed by atoms with E-state index in [1.807, 2.05) is 0 Å². The Balaban J connectivity index is 2.41. The number of hydrogen-bond acceptors (Lipinski definition) is 8. The molecule has 0 fully saturated rings. The van der Waals surface area contributed by atoms with Gasteiger partial charge in [-0.2, -0.15) is 18.2 Å². The Hall–Kier alpha value is -3.08. The molecular formula is C19H23F3N4O4. The third kappa shape index (κ3) is 5.72. The van der Waals surface area contributed by atoms with Crippen LogP contribution in [0.2, 0.25) is 0 Å². The number of carbonyl (C=O) groups excluding carboxylic acids is 1. The number of methoxy groups -OCH3 is 2. The van der Waals surface area contributed by atoms with Gasteiger partial charge in [0.15, 0.2) is 5.69 Å². The van der Waals surface area contributed by atoms with E-state index >= 15 is 0 Å². The summed E-state index contributed by atoms with van der Waals surface area (Å²) in [4.78, 5) is 19.3.